The van der Waals surface area contributed by atoms with Crippen LogP contribution in [0.1, 0.15) is 49.7 Å². The van der Waals surface area contributed by atoms with E-state index in [1.807, 2.05) is 30.3 Å². The Hall–Kier alpha value is -3.74. The fraction of sp³-hybridized carbons (Fsp3) is 0.421. The number of pyridine rings is 1. The third kappa shape index (κ3) is 9.90. The lowest BCUT2D eigenvalue weighted by atomic mass is 9.92. The van der Waals surface area contributed by atoms with Crippen LogP contribution in [0.5, 0.6) is 5.75 Å². The van der Waals surface area contributed by atoms with Gasteiger partial charge in [-0.3, -0.25) is 9.78 Å². The molecule has 1 unspecified atom stereocenters. The average molecular weight is 594 g/mol. The third-order valence-electron chi connectivity index (χ3n) is 8.87. The van der Waals surface area contributed by atoms with Crippen molar-refractivity contribution in [3.8, 4) is 5.75 Å². The van der Waals surface area contributed by atoms with E-state index >= 15 is 0 Å². The summed E-state index contributed by atoms with van der Waals surface area (Å²) in [7, 11) is 0. The molecule has 0 spiro atoms. The summed E-state index contributed by atoms with van der Waals surface area (Å²) in [6, 6.07) is 30.8. The van der Waals surface area contributed by atoms with Crippen LogP contribution in [0.15, 0.2) is 97.2 Å². The van der Waals surface area contributed by atoms with Gasteiger partial charge < -0.3 is 20.1 Å². The molecule has 5 rings (SSSR count). The lowest BCUT2D eigenvalue weighted by molar-refractivity contribution is -0.125. The van der Waals surface area contributed by atoms with Crippen molar-refractivity contribution in [1.82, 2.24) is 15.2 Å². The molecule has 0 bridgehead atoms. The summed E-state index contributed by atoms with van der Waals surface area (Å²) in [4.78, 5) is 20.1. The number of carbonyl (C=O) groups is 1. The fourth-order valence-electron chi connectivity index (χ4n) is 6.30. The molecule has 0 aliphatic carbocycles. The van der Waals surface area contributed by atoms with E-state index in [2.05, 4.69) is 75.9 Å². The Labute approximate surface area is 262 Å². The molecule has 0 radical (unpaired) electrons. The maximum atomic E-state index is 13.4. The van der Waals surface area contributed by atoms with Crippen LogP contribution < -0.4 is 10.1 Å². The number of aliphatic hydroxyl groups excluding tert-OH is 1. The number of rotatable bonds is 16. The molecule has 1 saturated heterocycles. The van der Waals surface area contributed by atoms with Gasteiger partial charge in [0.05, 0.1) is 5.52 Å². The number of hydrogen-bond acceptors (Lipinski definition) is 5. The highest BCUT2D eigenvalue weighted by Crippen LogP contribution is 2.24. The van der Waals surface area contributed by atoms with E-state index in [-0.39, 0.29) is 18.4 Å². The van der Waals surface area contributed by atoms with Gasteiger partial charge in [-0.1, -0.05) is 66.7 Å². The van der Waals surface area contributed by atoms with E-state index in [1.165, 1.54) is 11.1 Å². The van der Waals surface area contributed by atoms with Crippen LogP contribution in [0.4, 0.5) is 0 Å². The predicted octanol–water partition coefficient (Wildman–Crippen LogP) is 6.46. The normalized spacial score (nSPS) is 15.0. The summed E-state index contributed by atoms with van der Waals surface area (Å²) in [6.45, 7) is 3.43. The first kappa shape index (κ1) is 31.7. The second-order valence-corrected chi connectivity index (χ2v) is 12.2. The van der Waals surface area contributed by atoms with E-state index < -0.39 is 6.10 Å². The lowest BCUT2D eigenvalue weighted by Crippen LogP contribution is -2.43. The maximum absolute atomic E-state index is 13.4. The Kier molecular flexibility index (Phi) is 12.2. The molecule has 2 N–H and O–H groups in total. The fourth-order valence-corrected chi connectivity index (χ4v) is 6.30. The van der Waals surface area contributed by atoms with Gasteiger partial charge in [-0.2, -0.15) is 0 Å². The molecule has 3 aromatic carbocycles. The van der Waals surface area contributed by atoms with E-state index in [4.69, 9.17) is 4.74 Å². The number of benzene rings is 3. The van der Waals surface area contributed by atoms with Gasteiger partial charge in [-0.15, -0.1) is 0 Å². The third-order valence-corrected chi connectivity index (χ3v) is 8.87. The van der Waals surface area contributed by atoms with Gasteiger partial charge in [0.25, 0.3) is 0 Å². The van der Waals surface area contributed by atoms with Gasteiger partial charge in [0.2, 0.25) is 5.91 Å². The first-order valence-electron chi connectivity index (χ1n) is 16.4. The minimum Gasteiger partial charge on any atom is -0.490 e. The van der Waals surface area contributed by atoms with Crippen LogP contribution >= 0.6 is 0 Å². The lowest BCUT2D eigenvalue weighted by Gasteiger charge is -2.33. The minimum atomic E-state index is -0.564. The molecule has 0 saturated carbocycles. The number of nitrogens with zero attached hydrogens (tertiary/aromatic N) is 2. The maximum Gasteiger partial charge on any atom is 0.223 e. The van der Waals surface area contributed by atoms with E-state index in [0.29, 0.717) is 12.5 Å². The molecule has 2 heterocycles. The van der Waals surface area contributed by atoms with Crippen molar-refractivity contribution in [3.63, 3.8) is 0 Å². The quantitative estimate of drug-likeness (QED) is 0.156. The van der Waals surface area contributed by atoms with Gasteiger partial charge in [-0.25, -0.2) is 0 Å². The zero-order chi connectivity index (χ0) is 30.4. The Bertz CT molecular complexity index is 1360. The smallest absolute Gasteiger partial charge is 0.223 e. The Morgan fingerprint density at radius 1 is 0.864 bits per heavy atom. The monoisotopic (exact) mass is 593 g/mol. The van der Waals surface area contributed by atoms with Crippen LogP contribution in [0.3, 0.4) is 0 Å². The number of carbonyl (C=O) groups excluding carboxylic acids is 1. The number of nitrogens with one attached hydrogen (secondary N) is 1. The van der Waals surface area contributed by atoms with Gasteiger partial charge in [0.1, 0.15) is 18.5 Å². The molecule has 1 aliphatic rings. The van der Waals surface area contributed by atoms with Gasteiger partial charge >= 0.3 is 0 Å². The number of hydrogen-bond donors (Lipinski definition) is 2. The van der Waals surface area contributed by atoms with E-state index in [0.717, 1.165) is 87.7 Å². The Morgan fingerprint density at radius 2 is 1.52 bits per heavy atom. The van der Waals surface area contributed by atoms with E-state index in [1.54, 1.807) is 6.20 Å². The molecule has 4 aromatic rings. The van der Waals surface area contributed by atoms with Crippen molar-refractivity contribution in [2.24, 2.45) is 11.8 Å². The van der Waals surface area contributed by atoms with Gasteiger partial charge in [0, 0.05) is 30.6 Å². The Balaban J connectivity index is 1.03. The summed E-state index contributed by atoms with van der Waals surface area (Å²) < 4.78 is 5.97. The highest BCUT2D eigenvalue weighted by atomic mass is 16.5. The molecule has 44 heavy (non-hydrogen) atoms. The number of aromatic nitrogens is 1. The number of β-amino-alcohol motifs (C(OH)–C–C–N with tert-alkyl or cyclic N) is 1. The number of piperidine rings is 1. The molecule has 1 amide bonds. The molecule has 6 nitrogen and oxygen atoms in total. The number of aliphatic hydroxyl groups is 1. The largest absolute Gasteiger partial charge is 0.490 e. The highest BCUT2D eigenvalue weighted by molar-refractivity contribution is 5.84. The predicted molar refractivity (Wildman–Crippen MR) is 178 cm³/mol. The molecule has 6 heteroatoms. The minimum absolute atomic E-state index is 0.0511. The molecule has 232 valence electrons. The molecular formula is C38H47N3O3. The highest BCUT2D eigenvalue weighted by Gasteiger charge is 2.24. The average Bonchev–Trinajstić information content (AvgIpc) is 3.07. The number of fused-ring (bicyclic) bond motifs is 1. The van der Waals surface area contributed by atoms with Crippen LogP contribution in [0.2, 0.25) is 0 Å². The van der Waals surface area contributed by atoms with Crippen molar-refractivity contribution in [2.75, 3.05) is 32.8 Å². The number of ether oxygens (including phenoxy) is 1. The van der Waals surface area contributed by atoms with Crippen molar-refractivity contribution >= 4 is 16.8 Å². The summed E-state index contributed by atoms with van der Waals surface area (Å²) in [5, 5.41) is 15.0. The molecule has 1 aliphatic heterocycles. The van der Waals surface area contributed by atoms with Crippen LogP contribution in [-0.2, 0) is 17.6 Å². The SMILES string of the molecule is O=C(NCC1CCN(CC(O)COc2cccc3ncccc23)CC1)C(CCCc1ccccc1)CCCc1ccccc1. The summed E-state index contributed by atoms with van der Waals surface area (Å²) in [5.41, 5.74) is 3.56. The summed E-state index contributed by atoms with van der Waals surface area (Å²) in [6.07, 6.45) is 9.16. The van der Waals surface area contributed by atoms with Gasteiger partial charge in [-0.05, 0) is 106 Å². The number of likely N-dealkylation sites (tertiary alicyclic amines) is 1. The van der Waals surface area contributed by atoms with Crippen molar-refractivity contribution in [1.29, 1.82) is 0 Å². The number of aryl methyl sites for hydroxylation is 2. The van der Waals surface area contributed by atoms with E-state index in [9.17, 15) is 9.90 Å². The standard InChI is InChI=1S/C38H47N3O3/c42-34(29-44-37-21-9-20-36-35(37)19-10-24-39-36)28-41-25-22-32(23-26-41)27-40-38(43)33(17-7-15-30-11-3-1-4-12-30)18-8-16-31-13-5-2-6-14-31/h1-6,9-14,19-21,24,32-34,42H,7-8,15-18,22-23,25-29H2,(H,40,43). The topological polar surface area (TPSA) is 74.7 Å². The summed E-state index contributed by atoms with van der Waals surface area (Å²) in [5.74, 6) is 1.49. The van der Waals surface area contributed by atoms with Gasteiger partial charge in [0.15, 0.2) is 0 Å². The second kappa shape index (κ2) is 16.9. The molecule has 1 atom stereocenters. The first-order chi connectivity index (χ1) is 21.6. The van der Waals surface area contributed by atoms with Crippen molar-refractivity contribution in [2.45, 2.75) is 57.5 Å². The Morgan fingerprint density at radius 3 is 2.18 bits per heavy atom. The second-order valence-electron chi connectivity index (χ2n) is 12.2. The zero-order valence-corrected chi connectivity index (χ0v) is 25.8. The number of amides is 1. The zero-order valence-electron chi connectivity index (χ0n) is 25.8. The van der Waals surface area contributed by atoms with Crippen LogP contribution in [0, 0.1) is 11.8 Å². The first-order valence-corrected chi connectivity index (χ1v) is 16.4. The summed E-state index contributed by atoms with van der Waals surface area (Å²) >= 11 is 0. The molecule has 1 fully saturated rings. The molecule has 1 aromatic heterocycles. The van der Waals surface area contributed by atoms with Crippen LogP contribution in [0.25, 0.3) is 10.9 Å². The van der Waals surface area contributed by atoms with Crippen molar-refractivity contribution < 1.29 is 14.6 Å². The van der Waals surface area contributed by atoms with Crippen LogP contribution in [-0.4, -0.2) is 59.8 Å². The van der Waals surface area contributed by atoms with Crippen molar-refractivity contribution in [3.05, 3.63) is 108 Å². The molecular weight excluding hydrogens is 546 g/mol.